The molecule has 0 saturated heterocycles. The van der Waals surface area contributed by atoms with E-state index in [-0.39, 0.29) is 5.91 Å². The van der Waals surface area contributed by atoms with Crippen LogP contribution in [0.25, 0.3) is 10.9 Å². The number of tetrazole rings is 1. The monoisotopic (exact) mass is 352 g/mol. The smallest absolute Gasteiger partial charge is 0.244 e. The quantitative estimate of drug-likeness (QED) is 0.755. The number of rotatable bonds is 4. The van der Waals surface area contributed by atoms with Crippen LogP contribution < -0.4 is 5.32 Å². The summed E-state index contributed by atoms with van der Waals surface area (Å²) in [5, 5.41) is 15.2. The maximum atomic E-state index is 12.3. The Labute approximate surface area is 152 Å². The van der Waals surface area contributed by atoms with Gasteiger partial charge in [-0.1, -0.05) is 18.9 Å². The lowest BCUT2D eigenvalue weighted by Crippen LogP contribution is -2.30. The van der Waals surface area contributed by atoms with Crippen LogP contribution in [0.1, 0.15) is 55.5 Å². The van der Waals surface area contributed by atoms with E-state index >= 15 is 0 Å². The van der Waals surface area contributed by atoms with Gasteiger partial charge in [0.2, 0.25) is 5.91 Å². The third kappa shape index (κ3) is 3.34. The van der Waals surface area contributed by atoms with Crippen molar-refractivity contribution in [3.05, 3.63) is 41.3 Å². The number of carbonyl (C=O) groups is 1. The van der Waals surface area contributed by atoms with Crippen molar-refractivity contribution in [3.63, 3.8) is 0 Å². The minimum Gasteiger partial charge on any atom is -0.358 e. The predicted molar refractivity (Wildman–Crippen MR) is 98.5 cm³/mol. The Kier molecular flexibility index (Phi) is 4.69. The Hall–Kier alpha value is -2.70. The number of H-pyrrole nitrogens is 1. The second-order valence-corrected chi connectivity index (χ2v) is 7.06. The molecule has 2 aromatic heterocycles. The van der Waals surface area contributed by atoms with E-state index in [9.17, 15) is 4.79 Å². The van der Waals surface area contributed by atoms with Crippen molar-refractivity contribution in [3.8, 4) is 0 Å². The Balaban J connectivity index is 1.50. The van der Waals surface area contributed by atoms with Crippen molar-refractivity contribution in [1.82, 2.24) is 30.5 Å². The number of nitrogens with zero attached hydrogens (tertiary/aromatic N) is 4. The number of amides is 1. The first-order valence-corrected chi connectivity index (χ1v) is 9.35. The van der Waals surface area contributed by atoms with Gasteiger partial charge >= 0.3 is 0 Å². The molecule has 1 atom stereocenters. The third-order valence-corrected chi connectivity index (χ3v) is 5.27. The molecule has 0 radical (unpaired) electrons. The number of aryl methyl sites for hydroxylation is 2. The summed E-state index contributed by atoms with van der Waals surface area (Å²) in [6.07, 6.45) is 8.89. The van der Waals surface area contributed by atoms with Gasteiger partial charge in [0.05, 0.1) is 0 Å². The van der Waals surface area contributed by atoms with Gasteiger partial charge in [0.15, 0.2) is 0 Å². The van der Waals surface area contributed by atoms with Gasteiger partial charge in [-0.25, -0.2) is 4.68 Å². The summed E-state index contributed by atoms with van der Waals surface area (Å²) < 4.78 is 1.45. The number of fused-ring (bicyclic) bond motifs is 3. The van der Waals surface area contributed by atoms with Crippen molar-refractivity contribution in [2.45, 2.75) is 58.0 Å². The first kappa shape index (κ1) is 16.8. The lowest BCUT2D eigenvalue weighted by molar-refractivity contribution is -0.124. The van der Waals surface area contributed by atoms with E-state index in [1.165, 1.54) is 58.9 Å². The molecular weight excluding hydrogens is 328 g/mol. The Morgan fingerprint density at radius 2 is 2.12 bits per heavy atom. The molecule has 0 spiro atoms. The molecule has 7 heteroatoms. The van der Waals surface area contributed by atoms with Crippen LogP contribution in [-0.2, 0) is 24.2 Å². The van der Waals surface area contributed by atoms with Crippen LogP contribution in [0.2, 0.25) is 0 Å². The maximum absolute atomic E-state index is 12.3. The molecular formula is C19H24N6O. The van der Waals surface area contributed by atoms with E-state index in [2.05, 4.69) is 44.0 Å². The number of hydrogen-bond donors (Lipinski definition) is 2. The van der Waals surface area contributed by atoms with Crippen LogP contribution in [0, 0.1) is 0 Å². The predicted octanol–water partition coefficient (Wildman–Crippen LogP) is 2.69. The average Bonchev–Trinajstić information content (AvgIpc) is 3.27. The Morgan fingerprint density at radius 3 is 2.92 bits per heavy atom. The van der Waals surface area contributed by atoms with Gasteiger partial charge in [-0.2, -0.15) is 0 Å². The average molecular weight is 352 g/mol. The van der Waals surface area contributed by atoms with Crippen LogP contribution in [0.4, 0.5) is 0 Å². The molecule has 26 heavy (non-hydrogen) atoms. The summed E-state index contributed by atoms with van der Waals surface area (Å²) >= 11 is 0. The molecule has 2 heterocycles. The standard InChI is InChI=1S/C19H24N6O/c1-13(25-12-21-23-24-25)19(26)20-11-14-8-9-18-16(10-14)15-6-4-2-3-5-7-17(15)22-18/h8-10,12-13,22H,2-7,11H2,1H3,(H,20,26)/t13-/m0/s1. The molecule has 1 aromatic carbocycles. The van der Waals surface area contributed by atoms with Crippen molar-refractivity contribution in [2.24, 2.45) is 0 Å². The van der Waals surface area contributed by atoms with Crippen LogP contribution in [-0.4, -0.2) is 31.1 Å². The highest BCUT2D eigenvalue weighted by molar-refractivity contribution is 5.86. The van der Waals surface area contributed by atoms with Crippen LogP contribution in [0.15, 0.2) is 24.5 Å². The second kappa shape index (κ2) is 7.27. The lowest BCUT2D eigenvalue weighted by atomic mass is 9.96. The molecule has 1 aliphatic rings. The summed E-state index contributed by atoms with van der Waals surface area (Å²) in [5.41, 5.74) is 5.18. The van der Waals surface area contributed by atoms with Gasteiger partial charge in [0.1, 0.15) is 12.4 Å². The molecule has 1 amide bonds. The third-order valence-electron chi connectivity index (χ3n) is 5.27. The molecule has 1 aliphatic carbocycles. The minimum absolute atomic E-state index is 0.0956. The highest BCUT2D eigenvalue weighted by Crippen LogP contribution is 2.28. The summed E-state index contributed by atoms with van der Waals surface area (Å²) in [4.78, 5) is 15.9. The molecule has 7 nitrogen and oxygen atoms in total. The highest BCUT2D eigenvalue weighted by Gasteiger charge is 2.17. The largest absolute Gasteiger partial charge is 0.358 e. The normalized spacial score (nSPS) is 15.9. The molecule has 0 bridgehead atoms. The van der Waals surface area contributed by atoms with Gasteiger partial charge in [-0.3, -0.25) is 4.79 Å². The first-order valence-electron chi connectivity index (χ1n) is 9.35. The Morgan fingerprint density at radius 1 is 1.27 bits per heavy atom. The van der Waals surface area contributed by atoms with E-state index in [1.807, 2.05) is 0 Å². The zero-order chi connectivity index (χ0) is 17.9. The number of hydrogen-bond acceptors (Lipinski definition) is 4. The second-order valence-electron chi connectivity index (χ2n) is 7.06. The SMILES string of the molecule is C[C@@H](C(=O)NCc1ccc2[nH]c3c(c2c1)CCCCCC3)n1cnnn1. The molecule has 0 saturated carbocycles. The number of aromatic amines is 1. The van der Waals surface area contributed by atoms with Crippen molar-refractivity contribution >= 4 is 16.8 Å². The first-order chi connectivity index (χ1) is 12.7. The van der Waals surface area contributed by atoms with Gasteiger partial charge in [0, 0.05) is 23.1 Å². The van der Waals surface area contributed by atoms with Crippen LogP contribution in [0.3, 0.4) is 0 Å². The number of benzene rings is 1. The highest BCUT2D eigenvalue weighted by atomic mass is 16.2. The lowest BCUT2D eigenvalue weighted by Gasteiger charge is -2.12. The summed E-state index contributed by atoms with van der Waals surface area (Å²) in [6, 6.07) is 6.00. The fourth-order valence-corrected chi connectivity index (χ4v) is 3.72. The summed E-state index contributed by atoms with van der Waals surface area (Å²) in [5.74, 6) is -0.0956. The van der Waals surface area contributed by atoms with Gasteiger partial charge in [-0.15, -0.1) is 5.10 Å². The molecule has 0 aliphatic heterocycles. The molecule has 0 fully saturated rings. The molecule has 3 aromatic rings. The van der Waals surface area contributed by atoms with Gasteiger partial charge < -0.3 is 10.3 Å². The van der Waals surface area contributed by atoms with Crippen molar-refractivity contribution in [1.29, 1.82) is 0 Å². The van der Waals surface area contributed by atoms with Gasteiger partial charge in [0.25, 0.3) is 0 Å². The van der Waals surface area contributed by atoms with Crippen LogP contribution >= 0.6 is 0 Å². The van der Waals surface area contributed by atoms with Crippen molar-refractivity contribution in [2.75, 3.05) is 0 Å². The minimum atomic E-state index is -0.430. The van der Waals surface area contributed by atoms with Crippen LogP contribution in [0.5, 0.6) is 0 Å². The zero-order valence-corrected chi connectivity index (χ0v) is 15.0. The van der Waals surface area contributed by atoms with E-state index in [4.69, 9.17) is 0 Å². The number of carbonyl (C=O) groups excluding carboxylic acids is 1. The van der Waals surface area contributed by atoms with Crippen molar-refractivity contribution < 1.29 is 4.79 Å². The topological polar surface area (TPSA) is 88.5 Å². The fourth-order valence-electron chi connectivity index (χ4n) is 3.72. The van der Waals surface area contributed by atoms with E-state index < -0.39 is 6.04 Å². The zero-order valence-electron chi connectivity index (χ0n) is 15.0. The number of aromatic nitrogens is 5. The fraction of sp³-hybridized carbons (Fsp3) is 0.474. The molecule has 136 valence electrons. The molecule has 0 unspecified atom stereocenters. The molecule has 2 N–H and O–H groups in total. The number of nitrogens with one attached hydrogen (secondary N) is 2. The van der Waals surface area contributed by atoms with Gasteiger partial charge in [-0.05, 0) is 66.3 Å². The molecule has 4 rings (SSSR count). The summed E-state index contributed by atoms with van der Waals surface area (Å²) in [6.45, 7) is 2.28. The maximum Gasteiger partial charge on any atom is 0.244 e. The summed E-state index contributed by atoms with van der Waals surface area (Å²) in [7, 11) is 0. The Bertz CT molecular complexity index is 898. The van der Waals surface area contributed by atoms with E-state index in [0.717, 1.165) is 18.4 Å². The van der Waals surface area contributed by atoms with E-state index in [0.29, 0.717) is 6.54 Å². The van der Waals surface area contributed by atoms with E-state index in [1.54, 1.807) is 6.92 Å².